The molecule has 1 aromatic heterocycles. The number of carbonyl (C=O) groups excluding carboxylic acids is 1. The first-order valence-corrected chi connectivity index (χ1v) is 11.2. The third-order valence-corrected chi connectivity index (χ3v) is 6.51. The first kappa shape index (κ1) is 23.3. The molecule has 2 heterocycles. The lowest BCUT2D eigenvalue weighted by molar-refractivity contribution is -0.136. The summed E-state index contributed by atoms with van der Waals surface area (Å²) in [5.74, 6) is 0.646. The van der Waals surface area contributed by atoms with Crippen molar-refractivity contribution in [3.8, 4) is 17.2 Å². The van der Waals surface area contributed by atoms with Gasteiger partial charge >= 0.3 is 5.97 Å². The number of allylic oxidation sites excluding steroid dienone is 1. The maximum atomic E-state index is 13.6. The van der Waals surface area contributed by atoms with Crippen LogP contribution in [-0.2, 0) is 9.53 Å². The SMILES string of the molecule is COC(=O)C1=C(C)N=c2sc(=Cc3ccccc3)c(=O)n2[C@H]1c1cc(OC)c(OC)c(OC)c1. The zero-order valence-corrected chi connectivity index (χ0v) is 20.3. The van der Waals surface area contributed by atoms with Crippen LogP contribution in [0.4, 0.5) is 0 Å². The van der Waals surface area contributed by atoms with Gasteiger partial charge in [0.15, 0.2) is 16.3 Å². The molecule has 3 aromatic rings. The summed E-state index contributed by atoms with van der Waals surface area (Å²) >= 11 is 1.26. The highest BCUT2D eigenvalue weighted by Gasteiger charge is 2.34. The van der Waals surface area contributed by atoms with Gasteiger partial charge in [0.25, 0.3) is 5.56 Å². The summed E-state index contributed by atoms with van der Waals surface area (Å²) in [6.45, 7) is 1.73. The van der Waals surface area contributed by atoms with Crippen LogP contribution >= 0.6 is 11.3 Å². The van der Waals surface area contributed by atoms with Gasteiger partial charge < -0.3 is 18.9 Å². The van der Waals surface area contributed by atoms with Crippen LogP contribution in [0.1, 0.15) is 24.1 Å². The molecule has 4 rings (SSSR count). The lowest BCUT2D eigenvalue weighted by Crippen LogP contribution is -2.39. The Hall–Kier alpha value is -3.85. The van der Waals surface area contributed by atoms with Crippen molar-refractivity contribution >= 4 is 23.4 Å². The van der Waals surface area contributed by atoms with Gasteiger partial charge in [0, 0.05) is 0 Å². The summed E-state index contributed by atoms with van der Waals surface area (Å²) in [4.78, 5) is 31.5. The van der Waals surface area contributed by atoms with E-state index >= 15 is 0 Å². The van der Waals surface area contributed by atoms with E-state index in [-0.39, 0.29) is 11.1 Å². The third-order valence-electron chi connectivity index (χ3n) is 5.53. The molecule has 0 saturated heterocycles. The van der Waals surface area contributed by atoms with E-state index < -0.39 is 12.0 Å². The molecule has 176 valence electrons. The van der Waals surface area contributed by atoms with E-state index in [9.17, 15) is 9.59 Å². The summed E-state index contributed by atoms with van der Waals surface area (Å²) in [7, 11) is 5.83. The first-order valence-electron chi connectivity index (χ1n) is 10.4. The number of ether oxygens (including phenoxy) is 4. The number of nitrogens with zero attached hydrogens (tertiary/aromatic N) is 2. The van der Waals surface area contributed by atoms with Gasteiger partial charge in [-0.25, -0.2) is 9.79 Å². The Bertz CT molecular complexity index is 1430. The van der Waals surface area contributed by atoms with E-state index in [1.807, 2.05) is 36.4 Å². The number of rotatable bonds is 6. The molecule has 34 heavy (non-hydrogen) atoms. The highest BCUT2D eigenvalue weighted by molar-refractivity contribution is 7.07. The molecule has 0 radical (unpaired) electrons. The monoisotopic (exact) mass is 480 g/mol. The second kappa shape index (κ2) is 9.56. The summed E-state index contributed by atoms with van der Waals surface area (Å²) in [5, 5.41) is 0. The van der Waals surface area contributed by atoms with Crippen molar-refractivity contribution < 1.29 is 23.7 Å². The number of aromatic nitrogens is 1. The van der Waals surface area contributed by atoms with E-state index in [0.717, 1.165) is 5.56 Å². The van der Waals surface area contributed by atoms with Gasteiger partial charge in [0.1, 0.15) is 0 Å². The Morgan fingerprint density at radius 1 is 1.03 bits per heavy atom. The smallest absolute Gasteiger partial charge is 0.338 e. The molecule has 1 atom stereocenters. The van der Waals surface area contributed by atoms with Crippen molar-refractivity contribution in [1.29, 1.82) is 0 Å². The first-order chi connectivity index (χ1) is 16.4. The fourth-order valence-corrected chi connectivity index (χ4v) is 5.01. The van der Waals surface area contributed by atoms with Gasteiger partial charge in [-0.3, -0.25) is 9.36 Å². The number of methoxy groups -OCH3 is 4. The lowest BCUT2D eigenvalue weighted by Gasteiger charge is -2.25. The number of hydrogen-bond acceptors (Lipinski definition) is 8. The van der Waals surface area contributed by atoms with E-state index in [1.54, 1.807) is 19.1 Å². The van der Waals surface area contributed by atoms with Crippen LogP contribution in [0, 0.1) is 0 Å². The van der Waals surface area contributed by atoms with Crippen LogP contribution in [-0.4, -0.2) is 39.0 Å². The van der Waals surface area contributed by atoms with Crippen molar-refractivity contribution in [2.24, 2.45) is 4.99 Å². The fourth-order valence-electron chi connectivity index (χ4n) is 3.97. The minimum Gasteiger partial charge on any atom is -0.493 e. The van der Waals surface area contributed by atoms with Gasteiger partial charge in [-0.2, -0.15) is 0 Å². The van der Waals surface area contributed by atoms with Gasteiger partial charge in [-0.05, 0) is 36.3 Å². The van der Waals surface area contributed by atoms with E-state index in [0.29, 0.717) is 37.8 Å². The molecule has 0 aliphatic carbocycles. The van der Waals surface area contributed by atoms with Crippen LogP contribution in [0.3, 0.4) is 0 Å². The van der Waals surface area contributed by atoms with Gasteiger partial charge in [0.2, 0.25) is 5.75 Å². The number of hydrogen-bond donors (Lipinski definition) is 0. The second-order valence-electron chi connectivity index (χ2n) is 7.44. The maximum absolute atomic E-state index is 13.6. The summed E-state index contributed by atoms with van der Waals surface area (Å²) in [6.07, 6.45) is 1.81. The molecule has 0 spiro atoms. The minimum absolute atomic E-state index is 0.260. The predicted octanol–water partition coefficient (Wildman–Crippen LogP) is 2.43. The molecule has 0 saturated carbocycles. The Morgan fingerprint density at radius 3 is 2.24 bits per heavy atom. The molecule has 0 bridgehead atoms. The molecular weight excluding hydrogens is 456 g/mol. The lowest BCUT2D eigenvalue weighted by atomic mass is 9.95. The summed E-state index contributed by atoms with van der Waals surface area (Å²) < 4.78 is 23.5. The normalized spacial score (nSPS) is 15.4. The molecular formula is C25H24N2O6S. The molecule has 2 aromatic carbocycles. The van der Waals surface area contributed by atoms with Gasteiger partial charge in [-0.1, -0.05) is 41.7 Å². The average molecular weight is 481 g/mol. The number of fused-ring (bicyclic) bond motifs is 1. The molecule has 0 amide bonds. The Kier molecular flexibility index (Phi) is 6.56. The van der Waals surface area contributed by atoms with Crippen LogP contribution in [0.15, 0.2) is 63.5 Å². The van der Waals surface area contributed by atoms with Crippen LogP contribution in [0.25, 0.3) is 6.08 Å². The average Bonchev–Trinajstić information content (AvgIpc) is 3.16. The van der Waals surface area contributed by atoms with Crippen molar-refractivity contribution in [2.75, 3.05) is 28.4 Å². The zero-order valence-electron chi connectivity index (χ0n) is 19.4. The van der Waals surface area contributed by atoms with Crippen LogP contribution < -0.4 is 29.1 Å². The van der Waals surface area contributed by atoms with Crippen molar-refractivity contribution in [3.05, 3.63) is 84.5 Å². The molecule has 0 N–H and O–H groups in total. The second-order valence-corrected chi connectivity index (χ2v) is 8.45. The summed E-state index contributed by atoms with van der Waals surface area (Å²) in [6, 6.07) is 12.2. The number of thiazole rings is 1. The zero-order chi connectivity index (χ0) is 24.4. The highest BCUT2D eigenvalue weighted by Crippen LogP contribution is 2.42. The Balaban J connectivity index is 2.03. The molecule has 0 unspecified atom stereocenters. The van der Waals surface area contributed by atoms with Crippen molar-refractivity contribution in [2.45, 2.75) is 13.0 Å². The molecule has 8 nitrogen and oxygen atoms in total. The maximum Gasteiger partial charge on any atom is 0.338 e. The largest absolute Gasteiger partial charge is 0.493 e. The molecule has 1 aliphatic heterocycles. The Labute approximate surface area is 200 Å². The van der Waals surface area contributed by atoms with E-state index in [1.165, 1.54) is 44.3 Å². The van der Waals surface area contributed by atoms with Gasteiger partial charge in [-0.15, -0.1) is 0 Å². The van der Waals surface area contributed by atoms with E-state index in [4.69, 9.17) is 18.9 Å². The molecule has 9 heteroatoms. The number of esters is 1. The molecule has 1 aliphatic rings. The highest BCUT2D eigenvalue weighted by atomic mass is 32.1. The van der Waals surface area contributed by atoms with Gasteiger partial charge in [0.05, 0.1) is 50.3 Å². The van der Waals surface area contributed by atoms with Crippen LogP contribution in [0.2, 0.25) is 0 Å². The standard InChI is InChI=1S/C25H24N2O6S/c1-14-20(24(29)33-5)21(16-12-17(30-2)22(32-4)18(13-16)31-3)27-23(28)19(34-25(27)26-14)11-15-9-7-6-8-10-15/h6-13,21H,1-5H3/t21-/m0/s1. The fraction of sp³-hybridized carbons (Fsp3) is 0.240. The van der Waals surface area contributed by atoms with Crippen molar-refractivity contribution in [3.63, 3.8) is 0 Å². The predicted molar refractivity (Wildman–Crippen MR) is 128 cm³/mol. The van der Waals surface area contributed by atoms with Crippen molar-refractivity contribution in [1.82, 2.24) is 4.57 Å². The molecule has 0 fully saturated rings. The quantitative estimate of drug-likeness (QED) is 0.504. The Morgan fingerprint density at radius 2 is 1.68 bits per heavy atom. The summed E-state index contributed by atoms with van der Waals surface area (Å²) in [5.41, 5.74) is 1.95. The third kappa shape index (κ3) is 3.99. The van der Waals surface area contributed by atoms with Crippen LogP contribution in [0.5, 0.6) is 17.2 Å². The number of benzene rings is 2. The topological polar surface area (TPSA) is 88.4 Å². The van der Waals surface area contributed by atoms with E-state index in [2.05, 4.69) is 4.99 Å². The minimum atomic E-state index is -0.796. The number of carbonyl (C=O) groups is 1.